The van der Waals surface area contributed by atoms with Crippen molar-refractivity contribution in [3.05, 3.63) is 52.2 Å². The summed E-state index contributed by atoms with van der Waals surface area (Å²) in [7, 11) is 1.69. The maximum absolute atomic E-state index is 12.9. The zero-order valence-electron chi connectivity index (χ0n) is 24.1. The molecule has 1 aliphatic heterocycles. The monoisotopic (exact) mass is 577 g/mol. The van der Waals surface area contributed by atoms with E-state index in [9.17, 15) is 22.8 Å². The van der Waals surface area contributed by atoms with Gasteiger partial charge in [0.1, 0.15) is 12.4 Å². The number of rotatable bonds is 8. The number of benzene rings is 1. The second-order valence-electron chi connectivity index (χ2n) is 11.8. The SMILES string of the molecule is Cc1cc(-c2ccc3nc(C4CCN(C(COC(N)=O)C(C)(C)C)CC4)n(CCOC(F)(F)F)c3c2)cn(C)c1=O. The van der Waals surface area contributed by atoms with Gasteiger partial charge in [-0.3, -0.25) is 14.4 Å². The number of halogens is 3. The molecule has 2 N–H and O–H groups in total. The molecule has 3 aromatic rings. The van der Waals surface area contributed by atoms with Crippen LogP contribution >= 0.6 is 0 Å². The smallest absolute Gasteiger partial charge is 0.448 e. The average Bonchev–Trinajstić information content (AvgIpc) is 3.23. The minimum absolute atomic E-state index is 0.0155. The first-order valence-corrected chi connectivity index (χ1v) is 13.7. The molecular formula is C29H38F3N5O4. The van der Waals surface area contributed by atoms with E-state index in [0.717, 1.165) is 29.8 Å². The molecule has 0 bridgehead atoms. The molecule has 2 aromatic heterocycles. The fourth-order valence-electron chi connectivity index (χ4n) is 5.69. The number of aromatic nitrogens is 3. The summed E-state index contributed by atoms with van der Waals surface area (Å²) in [5.74, 6) is 0.741. The number of amides is 1. The van der Waals surface area contributed by atoms with Gasteiger partial charge < -0.3 is 19.6 Å². The average molecular weight is 578 g/mol. The number of alkyl halides is 3. The van der Waals surface area contributed by atoms with E-state index >= 15 is 0 Å². The molecule has 9 nitrogen and oxygen atoms in total. The van der Waals surface area contributed by atoms with Crippen LogP contribution in [0.5, 0.6) is 0 Å². The van der Waals surface area contributed by atoms with Gasteiger partial charge in [-0.05, 0) is 67.6 Å². The Labute approximate surface area is 237 Å². The van der Waals surface area contributed by atoms with Crippen molar-refractivity contribution < 1.29 is 27.4 Å². The zero-order valence-corrected chi connectivity index (χ0v) is 24.1. The molecule has 0 spiro atoms. The maximum Gasteiger partial charge on any atom is 0.522 e. The first kappa shape index (κ1) is 30.6. The summed E-state index contributed by atoms with van der Waals surface area (Å²) in [6, 6.07) is 7.44. The van der Waals surface area contributed by atoms with Crippen LogP contribution in [-0.4, -0.2) is 63.8 Å². The molecule has 0 saturated carbocycles. The molecule has 1 amide bonds. The molecule has 0 radical (unpaired) electrons. The number of pyridine rings is 1. The highest BCUT2D eigenvalue weighted by Crippen LogP contribution is 2.35. The van der Waals surface area contributed by atoms with Crippen LogP contribution in [0, 0.1) is 12.3 Å². The summed E-state index contributed by atoms with van der Waals surface area (Å²) in [5.41, 5.74) is 8.60. The number of fused-ring (bicyclic) bond motifs is 1. The van der Waals surface area contributed by atoms with Gasteiger partial charge in [0.25, 0.3) is 5.56 Å². The number of carbonyl (C=O) groups is 1. The highest BCUT2D eigenvalue weighted by molar-refractivity contribution is 5.83. The van der Waals surface area contributed by atoms with E-state index in [2.05, 4.69) is 30.4 Å². The number of ether oxygens (including phenoxy) is 2. The van der Waals surface area contributed by atoms with Crippen molar-refractivity contribution in [2.24, 2.45) is 18.2 Å². The van der Waals surface area contributed by atoms with E-state index in [-0.39, 0.29) is 36.1 Å². The highest BCUT2D eigenvalue weighted by Gasteiger charge is 2.35. The van der Waals surface area contributed by atoms with Crippen molar-refractivity contribution >= 4 is 17.1 Å². The summed E-state index contributed by atoms with van der Waals surface area (Å²) in [5, 5.41) is 0. The maximum atomic E-state index is 12.9. The topological polar surface area (TPSA) is 105 Å². The van der Waals surface area contributed by atoms with Gasteiger partial charge in [0.2, 0.25) is 0 Å². The Hall–Kier alpha value is -3.38. The number of hydrogen-bond donors (Lipinski definition) is 1. The van der Waals surface area contributed by atoms with Gasteiger partial charge in [-0.2, -0.15) is 0 Å². The number of imidazole rings is 1. The minimum Gasteiger partial charge on any atom is -0.448 e. The molecule has 1 unspecified atom stereocenters. The summed E-state index contributed by atoms with van der Waals surface area (Å²) in [4.78, 5) is 30.6. The van der Waals surface area contributed by atoms with Crippen LogP contribution in [-0.2, 0) is 23.1 Å². The molecule has 41 heavy (non-hydrogen) atoms. The standard InChI is InChI=1S/C29H38F3N5O4/c1-18-14-21(16-35(5)26(18)38)20-6-7-22-23(15-20)37(12-13-41-29(30,31)32)25(34-22)19-8-10-36(11-9-19)24(28(2,3)4)17-40-27(33)39/h6-7,14-16,19,24H,8-13,17H2,1-5H3,(H2,33,39). The Bertz CT molecular complexity index is 1420. The second kappa shape index (κ2) is 11.8. The summed E-state index contributed by atoms with van der Waals surface area (Å²) >= 11 is 0. The van der Waals surface area contributed by atoms with Crippen LogP contribution in [0.3, 0.4) is 0 Å². The van der Waals surface area contributed by atoms with Gasteiger partial charge in [-0.15, -0.1) is 13.2 Å². The lowest BCUT2D eigenvalue weighted by atomic mass is 9.84. The van der Waals surface area contributed by atoms with Crippen LogP contribution < -0.4 is 11.3 Å². The fraction of sp³-hybridized carbons (Fsp3) is 0.552. The third kappa shape index (κ3) is 7.28. The lowest BCUT2D eigenvalue weighted by molar-refractivity contribution is -0.325. The van der Waals surface area contributed by atoms with Gasteiger partial charge in [-0.25, -0.2) is 9.78 Å². The zero-order chi connectivity index (χ0) is 30.1. The number of likely N-dealkylation sites (tertiary alicyclic amines) is 1. The molecule has 1 saturated heterocycles. The van der Waals surface area contributed by atoms with Gasteiger partial charge in [0.05, 0.1) is 17.6 Å². The van der Waals surface area contributed by atoms with E-state index in [0.29, 0.717) is 29.7 Å². The Kier molecular flexibility index (Phi) is 8.84. The molecule has 3 heterocycles. The van der Waals surface area contributed by atoms with Crippen LogP contribution in [0.1, 0.15) is 50.9 Å². The van der Waals surface area contributed by atoms with Crippen molar-refractivity contribution in [3.8, 4) is 11.1 Å². The second-order valence-corrected chi connectivity index (χ2v) is 11.8. The quantitative estimate of drug-likeness (QED) is 0.407. The molecule has 4 rings (SSSR count). The molecule has 0 aliphatic carbocycles. The largest absolute Gasteiger partial charge is 0.522 e. The van der Waals surface area contributed by atoms with E-state index in [4.69, 9.17) is 15.5 Å². The molecule has 1 fully saturated rings. The van der Waals surface area contributed by atoms with Crippen molar-refractivity contribution in [2.75, 3.05) is 26.3 Å². The molecule has 1 atom stereocenters. The van der Waals surface area contributed by atoms with Crippen molar-refractivity contribution in [2.45, 2.75) is 65.4 Å². The molecular weight excluding hydrogens is 539 g/mol. The van der Waals surface area contributed by atoms with Crippen LogP contribution in [0.25, 0.3) is 22.2 Å². The molecule has 1 aliphatic rings. The number of hydrogen-bond acceptors (Lipinski definition) is 6. The Morgan fingerprint density at radius 3 is 2.41 bits per heavy atom. The van der Waals surface area contributed by atoms with Crippen LogP contribution in [0.4, 0.5) is 18.0 Å². The van der Waals surface area contributed by atoms with Gasteiger partial charge in [0.15, 0.2) is 0 Å². The van der Waals surface area contributed by atoms with E-state index in [1.54, 1.807) is 26.2 Å². The Balaban J connectivity index is 1.65. The lowest BCUT2D eigenvalue weighted by Crippen LogP contribution is -2.50. The van der Waals surface area contributed by atoms with Gasteiger partial charge in [0, 0.05) is 37.3 Å². The highest BCUT2D eigenvalue weighted by atomic mass is 19.4. The number of nitrogens with two attached hydrogens (primary N) is 1. The third-order valence-electron chi connectivity index (χ3n) is 7.77. The number of aryl methyl sites for hydroxylation is 2. The Morgan fingerprint density at radius 1 is 1.15 bits per heavy atom. The third-order valence-corrected chi connectivity index (χ3v) is 7.77. The normalized spacial score (nSPS) is 16.3. The van der Waals surface area contributed by atoms with Crippen LogP contribution in [0.15, 0.2) is 35.3 Å². The number of carbonyl (C=O) groups excluding carboxylic acids is 1. The minimum atomic E-state index is -4.73. The van der Waals surface area contributed by atoms with Crippen molar-refractivity contribution in [3.63, 3.8) is 0 Å². The number of primary amides is 1. The molecule has 1 aromatic carbocycles. The van der Waals surface area contributed by atoms with E-state index in [1.165, 1.54) is 4.57 Å². The van der Waals surface area contributed by atoms with Crippen LogP contribution in [0.2, 0.25) is 0 Å². The Morgan fingerprint density at radius 2 is 1.83 bits per heavy atom. The van der Waals surface area contributed by atoms with E-state index < -0.39 is 19.1 Å². The van der Waals surface area contributed by atoms with Crippen molar-refractivity contribution in [1.29, 1.82) is 0 Å². The van der Waals surface area contributed by atoms with Gasteiger partial charge in [-0.1, -0.05) is 26.8 Å². The predicted molar refractivity (Wildman–Crippen MR) is 149 cm³/mol. The number of nitrogens with zero attached hydrogens (tertiary/aromatic N) is 4. The summed E-state index contributed by atoms with van der Waals surface area (Å²) < 4.78 is 51.2. The number of piperidine rings is 1. The van der Waals surface area contributed by atoms with Gasteiger partial charge >= 0.3 is 12.5 Å². The summed E-state index contributed by atoms with van der Waals surface area (Å²) in [6.07, 6.45) is -2.32. The molecule has 12 heteroatoms. The first-order chi connectivity index (χ1) is 19.1. The first-order valence-electron chi connectivity index (χ1n) is 13.7. The van der Waals surface area contributed by atoms with Crippen molar-refractivity contribution in [1.82, 2.24) is 19.0 Å². The van der Waals surface area contributed by atoms with E-state index in [1.807, 2.05) is 22.8 Å². The predicted octanol–water partition coefficient (Wildman–Crippen LogP) is 4.94. The lowest BCUT2D eigenvalue weighted by Gasteiger charge is -2.43. The summed E-state index contributed by atoms with van der Waals surface area (Å²) in [6.45, 7) is 9.04. The molecule has 224 valence electrons. The fourth-order valence-corrected chi connectivity index (χ4v) is 5.69.